The first kappa shape index (κ1) is 8.84. The van der Waals surface area contributed by atoms with E-state index in [1.165, 1.54) is 6.07 Å². The second-order valence-electron chi connectivity index (χ2n) is 2.57. The van der Waals surface area contributed by atoms with Crippen molar-refractivity contribution in [2.45, 2.75) is 5.09 Å². The molecule has 0 N–H and O–H groups in total. The van der Waals surface area contributed by atoms with Gasteiger partial charge in [-0.25, -0.2) is 0 Å². The van der Waals surface area contributed by atoms with E-state index in [-0.39, 0.29) is 5.43 Å². The van der Waals surface area contributed by atoms with E-state index < -0.39 is 0 Å². The van der Waals surface area contributed by atoms with Crippen molar-refractivity contribution >= 4 is 39.5 Å². The number of hydrogen-bond donors (Lipinski definition) is 1. The third kappa shape index (κ3) is 1.51. The standard InChI is InChI=1S/C9H5BrO2S/c10-6-3-1-2-5-7(11)4-8(13)12-9(5)6/h1-4,13H. The van der Waals surface area contributed by atoms with Crippen LogP contribution < -0.4 is 5.43 Å². The molecule has 0 aliphatic heterocycles. The zero-order chi connectivity index (χ0) is 9.42. The fourth-order valence-electron chi connectivity index (χ4n) is 1.13. The molecule has 0 aliphatic carbocycles. The Kier molecular flexibility index (Phi) is 2.17. The van der Waals surface area contributed by atoms with Gasteiger partial charge in [-0.2, -0.15) is 0 Å². The van der Waals surface area contributed by atoms with Gasteiger partial charge in [-0.05, 0) is 28.1 Å². The summed E-state index contributed by atoms with van der Waals surface area (Å²) in [5.74, 6) is 0. The molecule has 0 aliphatic rings. The monoisotopic (exact) mass is 256 g/mol. The van der Waals surface area contributed by atoms with Crippen molar-refractivity contribution in [3.8, 4) is 0 Å². The summed E-state index contributed by atoms with van der Waals surface area (Å²) in [6.07, 6.45) is 0. The third-order valence-corrected chi connectivity index (χ3v) is 2.54. The highest BCUT2D eigenvalue weighted by molar-refractivity contribution is 9.10. The normalized spacial score (nSPS) is 10.6. The lowest BCUT2D eigenvalue weighted by Crippen LogP contribution is -1.98. The Balaban J connectivity index is 3.03. The number of thiol groups is 1. The first-order valence-electron chi connectivity index (χ1n) is 3.60. The number of benzene rings is 1. The summed E-state index contributed by atoms with van der Waals surface area (Å²) < 4.78 is 6.05. The molecule has 0 saturated carbocycles. The third-order valence-electron chi connectivity index (χ3n) is 1.69. The van der Waals surface area contributed by atoms with Gasteiger partial charge in [0, 0.05) is 6.07 Å². The molecule has 0 spiro atoms. The van der Waals surface area contributed by atoms with E-state index in [0.717, 1.165) is 4.47 Å². The lowest BCUT2D eigenvalue weighted by molar-refractivity contribution is 0.500. The van der Waals surface area contributed by atoms with E-state index in [9.17, 15) is 4.79 Å². The summed E-state index contributed by atoms with van der Waals surface area (Å²) in [7, 11) is 0. The second-order valence-corrected chi connectivity index (χ2v) is 3.86. The van der Waals surface area contributed by atoms with Gasteiger partial charge < -0.3 is 4.42 Å². The molecule has 2 aromatic rings. The van der Waals surface area contributed by atoms with Crippen LogP contribution in [0.1, 0.15) is 0 Å². The van der Waals surface area contributed by atoms with Crippen molar-refractivity contribution in [2.75, 3.05) is 0 Å². The summed E-state index contributed by atoms with van der Waals surface area (Å²) in [5.41, 5.74) is 0.465. The number of hydrogen-bond acceptors (Lipinski definition) is 3. The molecule has 0 amide bonds. The Hall–Kier alpha value is -0.740. The van der Waals surface area contributed by atoms with Gasteiger partial charge in [0.05, 0.1) is 9.86 Å². The molecule has 1 aromatic heterocycles. The maximum Gasteiger partial charge on any atom is 0.193 e. The van der Waals surface area contributed by atoms with Crippen LogP contribution >= 0.6 is 28.6 Å². The van der Waals surface area contributed by atoms with Crippen LogP contribution in [0.5, 0.6) is 0 Å². The van der Waals surface area contributed by atoms with E-state index in [1.807, 2.05) is 6.07 Å². The Morgan fingerprint density at radius 1 is 1.38 bits per heavy atom. The average Bonchev–Trinajstić information content (AvgIpc) is 2.07. The minimum Gasteiger partial charge on any atom is -0.449 e. The smallest absolute Gasteiger partial charge is 0.193 e. The average molecular weight is 257 g/mol. The lowest BCUT2D eigenvalue weighted by atomic mass is 10.2. The van der Waals surface area contributed by atoms with E-state index in [2.05, 4.69) is 28.6 Å². The zero-order valence-electron chi connectivity index (χ0n) is 6.45. The maximum atomic E-state index is 11.4. The summed E-state index contributed by atoms with van der Waals surface area (Å²) in [5, 5.41) is 0.886. The van der Waals surface area contributed by atoms with Crippen molar-refractivity contribution < 1.29 is 4.42 Å². The SMILES string of the molecule is O=c1cc(S)oc2c(Br)cccc12. The lowest BCUT2D eigenvalue weighted by Gasteiger charge is -1.98. The number of halogens is 1. The quantitative estimate of drug-likeness (QED) is 0.735. The van der Waals surface area contributed by atoms with Gasteiger partial charge in [-0.1, -0.05) is 6.07 Å². The first-order valence-corrected chi connectivity index (χ1v) is 4.84. The summed E-state index contributed by atoms with van der Waals surface area (Å²) >= 11 is 7.29. The van der Waals surface area contributed by atoms with E-state index in [0.29, 0.717) is 16.1 Å². The number of rotatable bonds is 0. The van der Waals surface area contributed by atoms with Gasteiger partial charge in [0.1, 0.15) is 0 Å². The van der Waals surface area contributed by atoms with Crippen LogP contribution in [-0.4, -0.2) is 0 Å². The predicted molar refractivity (Wildman–Crippen MR) is 57.4 cm³/mol. The van der Waals surface area contributed by atoms with Crippen LogP contribution in [0, 0.1) is 0 Å². The molecule has 1 aromatic carbocycles. The van der Waals surface area contributed by atoms with Crippen LogP contribution in [0.15, 0.2) is 43.0 Å². The van der Waals surface area contributed by atoms with E-state index in [1.54, 1.807) is 12.1 Å². The van der Waals surface area contributed by atoms with Crippen molar-refractivity contribution in [1.29, 1.82) is 0 Å². The Morgan fingerprint density at radius 2 is 2.15 bits per heavy atom. The Morgan fingerprint density at radius 3 is 2.92 bits per heavy atom. The topological polar surface area (TPSA) is 30.2 Å². The molecule has 4 heteroatoms. The second kappa shape index (κ2) is 3.20. The van der Waals surface area contributed by atoms with Crippen LogP contribution in [0.4, 0.5) is 0 Å². The van der Waals surface area contributed by atoms with Gasteiger partial charge in [0.25, 0.3) is 0 Å². The molecule has 0 radical (unpaired) electrons. The highest BCUT2D eigenvalue weighted by Gasteiger charge is 2.04. The van der Waals surface area contributed by atoms with Crippen molar-refractivity contribution in [3.63, 3.8) is 0 Å². The Bertz CT molecular complexity index is 518. The predicted octanol–water partition coefficient (Wildman–Crippen LogP) is 2.84. The highest BCUT2D eigenvalue weighted by atomic mass is 79.9. The molecule has 0 bridgehead atoms. The van der Waals surface area contributed by atoms with Gasteiger partial charge in [-0.15, -0.1) is 12.6 Å². The molecule has 1 heterocycles. The number of para-hydroxylation sites is 1. The maximum absolute atomic E-state index is 11.4. The van der Waals surface area contributed by atoms with Crippen LogP contribution in [0.2, 0.25) is 0 Å². The summed E-state index contributed by atoms with van der Waals surface area (Å²) in [4.78, 5) is 11.4. The molecule has 2 nitrogen and oxygen atoms in total. The van der Waals surface area contributed by atoms with Gasteiger partial charge in [-0.3, -0.25) is 4.79 Å². The zero-order valence-corrected chi connectivity index (χ0v) is 8.93. The first-order chi connectivity index (χ1) is 6.18. The van der Waals surface area contributed by atoms with Crippen molar-refractivity contribution in [3.05, 3.63) is 39.0 Å². The number of fused-ring (bicyclic) bond motifs is 1. The fourth-order valence-corrected chi connectivity index (χ4v) is 1.79. The largest absolute Gasteiger partial charge is 0.449 e. The molecule has 0 saturated heterocycles. The van der Waals surface area contributed by atoms with E-state index in [4.69, 9.17) is 4.42 Å². The van der Waals surface area contributed by atoms with Crippen molar-refractivity contribution in [2.24, 2.45) is 0 Å². The highest BCUT2D eigenvalue weighted by Crippen LogP contribution is 2.23. The fraction of sp³-hybridized carbons (Fsp3) is 0. The molecule has 2 rings (SSSR count). The molecule has 0 atom stereocenters. The minimum atomic E-state index is -0.0763. The molecule has 0 fully saturated rings. The molecule has 66 valence electrons. The summed E-state index contributed by atoms with van der Waals surface area (Å²) in [6.45, 7) is 0. The molecular weight excluding hydrogens is 252 g/mol. The van der Waals surface area contributed by atoms with Gasteiger partial charge in [0.15, 0.2) is 16.1 Å². The van der Waals surface area contributed by atoms with E-state index >= 15 is 0 Å². The molecule has 0 unspecified atom stereocenters. The Labute approximate surface area is 88.1 Å². The molecule has 13 heavy (non-hydrogen) atoms. The van der Waals surface area contributed by atoms with Gasteiger partial charge in [0.2, 0.25) is 0 Å². The minimum absolute atomic E-state index is 0.0763. The van der Waals surface area contributed by atoms with Crippen LogP contribution in [-0.2, 0) is 0 Å². The van der Waals surface area contributed by atoms with Crippen LogP contribution in [0.3, 0.4) is 0 Å². The summed E-state index contributed by atoms with van der Waals surface area (Å²) in [6, 6.07) is 6.69. The van der Waals surface area contributed by atoms with Crippen molar-refractivity contribution in [1.82, 2.24) is 0 Å². The van der Waals surface area contributed by atoms with Crippen LogP contribution in [0.25, 0.3) is 11.0 Å². The molecular formula is C9H5BrO2S. The van der Waals surface area contributed by atoms with Gasteiger partial charge >= 0.3 is 0 Å².